The Labute approximate surface area is 315 Å². The second kappa shape index (κ2) is 12.1. The molecular weight excluding hydrogens is 675 g/mol. The summed E-state index contributed by atoms with van der Waals surface area (Å²) in [6, 6.07) is 58.0. The molecule has 10 aromatic rings. The first kappa shape index (κ1) is 32.3. The summed E-state index contributed by atoms with van der Waals surface area (Å²) in [4.78, 5) is 5.87. The molecule has 0 N–H and O–H groups in total. The Bertz CT molecular complexity index is 2990. The molecule has 6 heteroatoms. The Balaban J connectivity index is 1.35. The quantitative estimate of drug-likeness (QED) is 0.102. The van der Waals surface area contributed by atoms with E-state index in [1.165, 1.54) is 48.4 Å². The number of pyridine rings is 2. The van der Waals surface area contributed by atoms with Crippen LogP contribution in [0.4, 0.5) is 0 Å². The summed E-state index contributed by atoms with van der Waals surface area (Å²) >= 11 is 0. The third kappa shape index (κ3) is 4.80. The SMILES string of the molecule is Cc1ccc2c(c1)c1ccc([Si](c3ccccc3)(c3ccccc3)c3ccc4c5ccc(C(C)(C)C)cc5n(-c5ccccc5)c4n3)cc1c1nncn21. The maximum absolute atomic E-state index is 5.87. The smallest absolute Gasteiger partial charge is 0.201 e. The van der Waals surface area contributed by atoms with Gasteiger partial charge in [0.1, 0.15) is 12.0 Å². The van der Waals surface area contributed by atoms with E-state index in [4.69, 9.17) is 10.1 Å². The topological polar surface area (TPSA) is 48.0 Å². The molecular formula is C48H39N5Si. The number of fused-ring (bicyclic) bond motifs is 9. The largest absolute Gasteiger partial charge is 0.294 e. The summed E-state index contributed by atoms with van der Waals surface area (Å²) < 4.78 is 4.50. The second-order valence-corrected chi connectivity index (χ2v) is 19.3. The van der Waals surface area contributed by atoms with E-state index in [9.17, 15) is 0 Å². The number of para-hydroxylation sites is 1. The van der Waals surface area contributed by atoms with Crippen LogP contribution in [0.5, 0.6) is 0 Å². The molecule has 4 heterocycles. The van der Waals surface area contributed by atoms with Crippen molar-refractivity contribution in [3.63, 3.8) is 0 Å². The van der Waals surface area contributed by atoms with Crippen molar-refractivity contribution in [2.45, 2.75) is 33.1 Å². The van der Waals surface area contributed by atoms with Crippen molar-refractivity contribution in [1.29, 1.82) is 0 Å². The van der Waals surface area contributed by atoms with Crippen LogP contribution in [0.1, 0.15) is 31.9 Å². The van der Waals surface area contributed by atoms with Gasteiger partial charge in [-0.2, -0.15) is 0 Å². The highest BCUT2D eigenvalue weighted by atomic mass is 28.3. The Kier molecular flexibility index (Phi) is 7.23. The zero-order valence-corrected chi connectivity index (χ0v) is 31.8. The van der Waals surface area contributed by atoms with Crippen LogP contribution in [0.15, 0.2) is 164 Å². The van der Waals surface area contributed by atoms with Crippen molar-refractivity contribution in [3.05, 3.63) is 175 Å². The van der Waals surface area contributed by atoms with E-state index in [0.29, 0.717) is 0 Å². The molecule has 0 unspecified atom stereocenters. The highest BCUT2D eigenvalue weighted by molar-refractivity contribution is 7.19. The minimum atomic E-state index is -3.08. The third-order valence-corrected chi connectivity index (χ3v) is 15.9. The van der Waals surface area contributed by atoms with E-state index in [2.05, 4.69) is 199 Å². The van der Waals surface area contributed by atoms with E-state index in [1.54, 1.807) is 0 Å². The third-order valence-electron chi connectivity index (χ3n) is 11.2. The number of nitrogens with zero attached hydrogens (tertiary/aromatic N) is 5. The predicted octanol–water partition coefficient (Wildman–Crippen LogP) is 8.51. The van der Waals surface area contributed by atoms with Crippen LogP contribution >= 0.6 is 0 Å². The number of hydrogen-bond acceptors (Lipinski definition) is 3. The van der Waals surface area contributed by atoms with Crippen molar-refractivity contribution < 1.29 is 0 Å². The van der Waals surface area contributed by atoms with Crippen LogP contribution in [0.3, 0.4) is 0 Å². The van der Waals surface area contributed by atoms with E-state index < -0.39 is 8.07 Å². The number of hydrogen-bond donors (Lipinski definition) is 0. The molecule has 6 aromatic carbocycles. The lowest BCUT2D eigenvalue weighted by atomic mass is 9.86. The van der Waals surface area contributed by atoms with Crippen LogP contribution in [0, 0.1) is 6.92 Å². The summed E-state index contributed by atoms with van der Waals surface area (Å²) in [5.74, 6) is 0. The molecule has 0 aliphatic heterocycles. The molecule has 260 valence electrons. The van der Waals surface area contributed by atoms with Gasteiger partial charge < -0.3 is 0 Å². The van der Waals surface area contributed by atoms with Crippen molar-refractivity contribution >= 4 is 78.2 Å². The van der Waals surface area contributed by atoms with Gasteiger partial charge in [0.05, 0.1) is 11.0 Å². The minimum Gasteiger partial charge on any atom is -0.294 e. The molecule has 10 rings (SSSR count). The minimum absolute atomic E-state index is 0.00330. The molecule has 0 radical (unpaired) electrons. The van der Waals surface area contributed by atoms with Gasteiger partial charge in [0.15, 0.2) is 5.65 Å². The van der Waals surface area contributed by atoms with Crippen LogP contribution in [-0.2, 0) is 5.41 Å². The van der Waals surface area contributed by atoms with Gasteiger partial charge in [0.25, 0.3) is 0 Å². The Morgan fingerprint density at radius 2 is 1.19 bits per heavy atom. The van der Waals surface area contributed by atoms with Gasteiger partial charge >= 0.3 is 0 Å². The molecule has 0 aliphatic rings. The lowest BCUT2D eigenvalue weighted by Crippen LogP contribution is -2.75. The average Bonchev–Trinajstić information content (AvgIpc) is 3.82. The van der Waals surface area contributed by atoms with Gasteiger partial charge in [-0.15, -0.1) is 10.2 Å². The lowest BCUT2D eigenvalue weighted by Gasteiger charge is -2.33. The molecule has 0 fully saturated rings. The summed E-state index contributed by atoms with van der Waals surface area (Å²) in [6.45, 7) is 8.99. The molecule has 0 bridgehead atoms. The zero-order chi connectivity index (χ0) is 36.6. The van der Waals surface area contributed by atoms with Crippen molar-refractivity contribution in [2.75, 3.05) is 0 Å². The van der Waals surface area contributed by atoms with E-state index >= 15 is 0 Å². The summed E-state index contributed by atoms with van der Waals surface area (Å²) in [5, 5.41) is 19.8. The molecule has 0 saturated heterocycles. The number of rotatable bonds is 5. The Morgan fingerprint density at radius 3 is 1.89 bits per heavy atom. The fourth-order valence-corrected chi connectivity index (χ4v) is 13.2. The molecule has 0 saturated carbocycles. The highest BCUT2D eigenvalue weighted by Crippen LogP contribution is 2.35. The molecule has 5 nitrogen and oxygen atoms in total. The summed E-state index contributed by atoms with van der Waals surface area (Å²) in [7, 11) is -3.08. The van der Waals surface area contributed by atoms with Gasteiger partial charge in [-0.1, -0.05) is 142 Å². The number of benzene rings is 6. The zero-order valence-electron chi connectivity index (χ0n) is 30.8. The van der Waals surface area contributed by atoms with E-state index in [0.717, 1.165) is 38.6 Å². The van der Waals surface area contributed by atoms with Crippen LogP contribution in [0.2, 0.25) is 0 Å². The number of aromatic nitrogens is 5. The lowest BCUT2D eigenvalue weighted by molar-refractivity contribution is 0.591. The van der Waals surface area contributed by atoms with E-state index in [-0.39, 0.29) is 5.41 Å². The van der Waals surface area contributed by atoms with Crippen molar-refractivity contribution in [2.24, 2.45) is 0 Å². The van der Waals surface area contributed by atoms with Crippen LogP contribution in [0.25, 0.3) is 54.9 Å². The maximum atomic E-state index is 5.87. The molecule has 0 aliphatic carbocycles. The van der Waals surface area contributed by atoms with Crippen LogP contribution in [-0.4, -0.2) is 32.2 Å². The predicted molar refractivity (Wildman–Crippen MR) is 227 cm³/mol. The first-order valence-electron chi connectivity index (χ1n) is 18.6. The Morgan fingerprint density at radius 1 is 0.519 bits per heavy atom. The molecule has 0 spiro atoms. The van der Waals surface area contributed by atoms with Gasteiger partial charge in [0.2, 0.25) is 8.07 Å². The maximum Gasteiger partial charge on any atom is 0.201 e. The van der Waals surface area contributed by atoms with Gasteiger partial charge in [-0.3, -0.25) is 8.97 Å². The van der Waals surface area contributed by atoms with Gasteiger partial charge in [-0.25, -0.2) is 4.98 Å². The van der Waals surface area contributed by atoms with Crippen molar-refractivity contribution in [1.82, 2.24) is 24.1 Å². The van der Waals surface area contributed by atoms with Gasteiger partial charge in [0, 0.05) is 32.5 Å². The highest BCUT2D eigenvalue weighted by Gasteiger charge is 2.43. The fourth-order valence-electron chi connectivity index (χ4n) is 8.59. The molecule has 4 aromatic heterocycles. The first-order valence-corrected chi connectivity index (χ1v) is 20.6. The first-order chi connectivity index (χ1) is 26.3. The molecule has 0 atom stereocenters. The molecule has 54 heavy (non-hydrogen) atoms. The normalized spacial score (nSPS) is 12.4. The summed E-state index contributed by atoms with van der Waals surface area (Å²) in [5.41, 5.74) is 7.71. The van der Waals surface area contributed by atoms with Crippen LogP contribution < -0.4 is 20.9 Å². The number of aryl methyl sites for hydroxylation is 1. The van der Waals surface area contributed by atoms with Crippen molar-refractivity contribution in [3.8, 4) is 5.69 Å². The monoisotopic (exact) mass is 713 g/mol. The summed E-state index contributed by atoms with van der Waals surface area (Å²) in [6.07, 6.45) is 1.83. The van der Waals surface area contributed by atoms with Gasteiger partial charge in [-0.05, 0) is 81.3 Å². The fraction of sp³-hybridized carbons (Fsp3) is 0.104. The Hall–Kier alpha value is -6.37. The molecule has 0 amide bonds. The second-order valence-electron chi connectivity index (χ2n) is 15.5. The average molecular weight is 714 g/mol. The standard InChI is InChI=1S/C48H39N5Si/c1-32-20-26-43-41(28-32)38-24-22-37(30-42(38)47-51-49-31-52(43)47)54(35-16-10-6-11-17-35,36-18-12-7-13-19-36)45-27-25-40-39-23-21-33(48(2,3)4)29-44(39)53(46(40)50-45)34-14-8-5-9-15-34/h5-31H,1-4H3. The van der Waals surface area contributed by atoms with E-state index in [1.807, 2.05) is 6.33 Å².